The lowest BCUT2D eigenvalue weighted by Crippen LogP contribution is -2.20. The number of carbonyl (C=O) groups is 1. The van der Waals surface area contributed by atoms with Crippen molar-refractivity contribution in [3.63, 3.8) is 0 Å². The molecule has 0 aliphatic rings. The van der Waals surface area contributed by atoms with Crippen molar-refractivity contribution in [1.82, 2.24) is 5.43 Å². The first-order chi connectivity index (χ1) is 14.4. The van der Waals surface area contributed by atoms with Gasteiger partial charge in [-0.3, -0.25) is 14.9 Å². The molecule has 30 heavy (non-hydrogen) atoms. The molecule has 2 aromatic rings. The molecule has 0 atom stereocenters. The van der Waals surface area contributed by atoms with Gasteiger partial charge in [-0.2, -0.15) is 5.10 Å². The predicted octanol–water partition coefficient (Wildman–Crippen LogP) is 3.94. The molecule has 9 heteroatoms. The van der Waals surface area contributed by atoms with Crippen LogP contribution in [0, 0.1) is 10.1 Å². The number of nitro benzene ring substituents is 1. The van der Waals surface area contributed by atoms with E-state index in [2.05, 4.69) is 10.5 Å². The summed E-state index contributed by atoms with van der Waals surface area (Å²) in [6.07, 6.45) is 0. The van der Waals surface area contributed by atoms with E-state index >= 15 is 0 Å². The topological polar surface area (TPSA) is 112 Å². The van der Waals surface area contributed by atoms with Gasteiger partial charge in [0.05, 0.1) is 30.5 Å². The van der Waals surface area contributed by atoms with Crippen LogP contribution in [0.25, 0.3) is 0 Å². The molecule has 0 spiro atoms. The SMILES string of the molecule is CCOc1cc(C(=O)NN=C(C)c2ccc([N+](=O)[O-])cc2)cc(OCC)c1OCC. The van der Waals surface area contributed by atoms with Crippen LogP contribution in [0.5, 0.6) is 17.2 Å². The molecule has 1 amide bonds. The van der Waals surface area contributed by atoms with Crippen LogP contribution in [0.4, 0.5) is 5.69 Å². The molecule has 9 nitrogen and oxygen atoms in total. The van der Waals surface area contributed by atoms with Crippen molar-refractivity contribution in [3.05, 3.63) is 57.6 Å². The van der Waals surface area contributed by atoms with Crippen LogP contribution in [-0.2, 0) is 0 Å². The molecule has 0 bridgehead atoms. The Balaban J connectivity index is 2.26. The van der Waals surface area contributed by atoms with E-state index < -0.39 is 10.8 Å². The van der Waals surface area contributed by atoms with Crippen LogP contribution in [0.2, 0.25) is 0 Å². The van der Waals surface area contributed by atoms with Gasteiger partial charge in [0, 0.05) is 17.7 Å². The van der Waals surface area contributed by atoms with E-state index in [1.807, 2.05) is 20.8 Å². The second kappa shape index (κ2) is 10.8. The average Bonchev–Trinajstić information content (AvgIpc) is 2.74. The summed E-state index contributed by atoms with van der Waals surface area (Å²) in [5.41, 5.74) is 3.92. The molecule has 0 saturated heterocycles. The van der Waals surface area contributed by atoms with Gasteiger partial charge in [-0.1, -0.05) is 0 Å². The van der Waals surface area contributed by atoms with Crippen molar-refractivity contribution in [2.24, 2.45) is 5.10 Å². The molecule has 0 aromatic heterocycles. The van der Waals surface area contributed by atoms with E-state index in [1.54, 1.807) is 31.2 Å². The number of carbonyl (C=O) groups excluding carboxylic acids is 1. The molecule has 0 unspecified atom stereocenters. The molecule has 0 heterocycles. The Labute approximate surface area is 174 Å². The van der Waals surface area contributed by atoms with E-state index in [4.69, 9.17) is 14.2 Å². The Bertz CT molecular complexity index is 898. The van der Waals surface area contributed by atoms with Gasteiger partial charge in [-0.15, -0.1) is 0 Å². The molecule has 0 radical (unpaired) electrons. The largest absolute Gasteiger partial charge is 0.490 e. The van der Waals surface area contributed by atoms with Gasteiger partial charge in [0.2, 0.25) is 5.75 Å². The number of nitrogens with one attached hydrogen (secondary N) is 1. The first-order valence-electron chi connectivity index (χ1n) is 9.57. The van der Waals surface area contributed by atoms with Crippen molar-refractivity contribution in [2.75, 3.05) is 19.8 Å². The standard InChI is InChI=1S/C21H25N3O6/c1-5-28-18-12-16(13-19(29-6-2)20(18)30-7-3)21(25)23-22-14(4)15-8-10-17(11-9-15)24(26)27/h8-13H,5-7H2,1-4H3,(H,23,25). The van der Waals surface area contributed by atoms with Gasteiger partial charge in [-0.25, -0.2) is 5.43 Å². The zero-order valence-electron chi connectivity index (χ0n) is 17.4. The summed E-state index contributed by atoms with van der Waals surface area (Å²) < 4.78 is 16.9. The molecule has 0 aliphatic heterocycles. The van der Waals surface area contributed by atoms with Gasteiger partial charge in [0.25, 0.3) is 11.6 Å². The Hall–Kier alpha value is -3.62. The van der Waals surface area contributed by atoms with E-state index in [0.29, 0.717) is 53.9 Å². The van der Waals surface area contributed by atoms with Crippen LogP contribution >= 0.6 is 0 Å². The molecular formula is C21H25N3O6. The van der Waals surface area contributed by atoms with Gasteiger partial charge in [-0.05, 0) is 57.5 Å². The van der Waals surface area contributed by atoms with Crippen LogP contribution in [-0.4, -0.2) is 36.4 Å². The number of nitro groups is 1. The first-order valence-corrected chi connectivity index (χ1v) is 9.57. The highest BCUT2D eigenvalue weighted by Crippen LogP contribution is 2.39. The molecule has 0 aliphatic carbocycles. The quantitative estimate of drug-likeness (QED) is 0.357. The Morgan fingerprint density at radius 3 is 1.97 bits per heavy atom. The summed E-state index contributed by atoms with van der Waals surface area (Å²) in [6.45, 7) is 8.42. The second-order valence-corrected chi connectivity index (χ2v) is 6.04. The average molecular weight is 415 g/mol. The maximum Gasteiger partial charge on any atom is 0.271 e. The summed E-state index contributed by atoms with van der Waals surface area (Å²) in [4.78, 5) is 22.9. The highest BCUT2D eigenvalue weighted by molar-refractivity contribution is 6.01. The summed E-state index contributed by atoms with van der Waals surface area (Å²) in [7, 11) is 0. The van der Waals surface area contributed by atoms with E-state index in [1.165, 1.54) is 12.1 Å². The molecule has 1 N–H and O–H groups in total. The maximum atomic E-state index is 12.6. The van der Waals surface area contributed by atoms with Crippen molar-refractivity contribution < 1.29 is 23.9 Å². The Kier molecular flexibility index (Phi) is 8.16. The minimum Gasteiger partial charge on any atom is -0.490 e. The third-order valence-corrected chi connectivity index (χ3v) is 3.99. The van der Waals surface area contributed by atoms with Gasteiger partial charge in [0.15, 0.2) is 11.5 Å². The number of hydrogen-bond acceptors (Lipinski definition) is 7. The smallest absolute Gasteiger partial charge is 0.271 e. The van der Waals surface area contributed by atoms with Crippen molar-refractivity contribution in [2.45, 2.75) is 27.7 Å². The highest BCUT2D eigenvalue weighted by atomic mass is 16.6. The molecular weight excluding hydrogens is 390 g/mol. The van der Waals surface area contributed by atoms with E-state index in [0.717, 1.165) is 0 Å². The summed E-state index contributed by atoms with van der Waals surface area (Å²) >= 11 is 0. The van der Waals surface area contributed by atoms with Crippen LogP contribution < -0.4 is 19.6 Å². The van der Waals surface area contributed by atoms with Crippen LogP contribution in [0.3, 0.4) is 0 Å². The lowest BCUT2D eigenvalue weighted by atomic mass is 10.1. The maximum absolute atomic E-state index is 12.6. The number of rotatable bonds is 10. The zero-order chi connectivity index (χ0) is 22.1. The third-order valence-electron chi connectivity index (χ3n) is 3.99. The lowest BCUT2D eigenvalue weighted by Gasteiger charge is -2.16. The van der Waals surface area contributed by atoms with Crippen LogP contribution in [0.1, 0.15) is 43.6 Å². The molecule has 160 valence electrons. The van der Waals surface area contributed by atoms with Crippen LogP contribution in [0.15, 0.2) is 41.5 Å². The Morgan fingerprint density at radius 2 is 1.50 bits per heavy atom. The summed E-state index contributed by atoms with van der Waals surface area (Å²) in [6, 6.07) is 9.05. The second-order valence-electron chi connectivity index (χ2n) is 6.04. The molecule has 0 saturated carbocycles. The molecule has 2 rings (SSSR count). The minimum atomic E-state index is -0.476. The third kappa shape index (κ3) is 5.69. The highest BCUT2D eigenvalue weighted by Gasteiger charge is 2.18. The van der Waals surface area contributed by atoms with Gasteiger partial charge in [0.1, 0.15) is 0 Å². The number of hydrazone groups is 1. The minimum absolute atomic E-state index is 0.0168. The fourth-order valence-electron chi connectivity index (χ4n) is 2.61. The van der Waals surface area contributed by atoms with Crippen molar-refractivity contribution in [1.29, 1.82) is 0 Å². The number of nitrogens with zero attached hydrogens (tertiary/aromatic N) is 2. The number of non-ortho nitro benzene ring substituents is 1. The number of amides is 1. The molecule has 2 aromatic carbocycles. The fourth-order valence-corrected chi connectivity index (χ4v) is 2.61. The Morgan fingerprint density at radius 1 is 0.967 bits per heavy atom. The predicted molar refractivity (Wildman–Crippen MR) is 113 cm³/mol. The van der Waals surface area contributed by atoms with E-state index in [9.17, 15) is 14.9 Å². The summed E-state index contributed by atoms with van der Waals surface area (Å²) in [5.74, 6) is 0.808. The number of hydrogen-bond donors (Lipinski definition) is 1. The van der Waals surface area contributed by atoms with Gasteiger partial charge < -0.3 is 14.2 Å². The monoisotopic (exact) mass is 415 g/mol. The zero-order valence-corrected chi connectivity index (χ0v) is 17.4. The fraction of sp³-hybridized carbons (Fsp3) is 0.333. The van der Waals surface area contributed by atoms with Crippen molar-refractivity contribution in [3.8, 4) is 17.2 Å². The lowest BCUT2D eigenvalue weighted by molar-refractivity contribution is -0.384. The first kappa shape index (κ1) is 22.7. The molecule has 0 fully saturated rings. The number of ether oxygens (including phenoxy) is 3. The van der Waals surface area contributed by atoms with Gasteiger partial charge >= 0.3 is 0 Å². The number of benzene rings is 2. The normalized spacial score (nSPS) is 11.0. The van der Waals surface area contributed by atoms with E-state index in [-0.39, 0.29) is 5.69 Å². The van der Waals surface area contributed by atoms with Crippen molar-refractivity contribution >= 4 is 17.3 Å². The summed E-state index contributed by atoms with van der Waals surface area (Å²) in [5, 5.41) is 14.8.